The summed E-state index contributed by atoms with van der Waals surface area (Å²) in [5, 5.41) is 54.6. The molecular formula is C72H107N17O18S2. The van der Waals surface area contributed by atoms with E-state index in [0.29, 0.717) is 36.8 Å². The molecule has 4 aliphatic heterocycles. The molecule has 37 heteroatoms. The number of amides is 14. The van der Waals surface area contributed by atoms with Gasteiger partial charge in [-0.15, -0.1) is 0 Å². The van der Waals surface area contributed by atoms with Crippen molar-refractivity contribution in [2.75, 3.05) is 58.2 Å². The van der Waals surface area contributed by atoms with E-state index in [1.807, 2.05) is 0 Å². The van der Waals surface area contributed by atoms with E-state index in [9.17, 15) is 82.4 Å². The zero-order valence-electron chi connectivity index (χ0n) is 62.6. The highest BCUT2D eigenvalue weighted by Crippen LogP contribution is 2.29. The Kier molecular flexibility index (Phi) is 33.9. The number of guanidine groups is 1. The lowest BCUT2D eigenvalue weighted by Crippen LogP contribution is -2.62. The van der Waals surface area contributed by atoms with E-state index in [1.54, 1.807) is 102 Å². The minimum Gasteiger partial charge on any atom is -0.481 e. The normalized spacial score (nSPS) is 26.3. The summed E-state index contributed by atoms with van der Waals surface area (Å²) in [4.78, 5) is 224. The fourth-order valence-corrected chi connectivity index (χ4v) is 13.8. The largest absolute Gasteiger partial charge is 0.481 e. The van der Waals surface area contributed by atoms with Crippen LogP contribution in [0.1, 0.15) is 130 Å². The number of nitrogens with zero attached hydrogens (tertiary/aromatic N) is 6. The summed E-state index contributed by atoms with van der Waals surface area (Å²) < 4.78 is 0. The van der Waals surface area contributed by atoms with Crippen LogP contribution in [-0.4, -0.2) is 270 Å². The number of carboxylic acids is 1. The molecule has 14 atom stereocenters. The summed E-state index contributed by atoms with van der Waals surface area (Å²) in [6.45, 7) is 7.36. The fraction of sp³-hybridized carbons (Fsp3) is 0.611. The Morgan fingerprint density at radius 2 is 1.04 bits per heavy atom. The molecule has 2 aromatic carbocycles. The number of aliphatic imine (C=N–C) groups is 1. The molecule has 0 spiro atoms. The predicted molar refractivity (Wildman–Crippen MR) is 403 cm³/mol. The van der Waals surface area contributed by atoms with Gasteiger partial charge in [0.05, 0.1) is 37.1 Å². The SMILES string of the molecule is CC[C@H](C)[C@@H]1NC(=O)[C@H](CO)NC(=O)CN(Cc2ccccc2)C(=O)[C@H]([C@@H](C)O)NC(=O)[C@H](CS)NC(=O)[C@H](CCCN=C(N)N)NC(=O)CNC(=O)[C@H](CC(=O)O)NC(=O)[C@@H]2CCCN2C(=O)[C@H](Cc2ccccc2)NC(=O)CN(C(C)(C)S)C(=O)[C@H]([C@@H](C)CC)NC(=O)[C@@H]2CCCN2C(=O)[C@@H]2CCCN2C1=O. The van der Waals surface area contributed by atoms with E-state index < -0.39 is 216 Å². The molecular weight excluding hydrogens is 1460 g/mol. The van der Waals surface area contributed by atoms with E-state index in [-0.39, 0.29) is 83.6 Å². The maximum Gasteiger partial charge on any atom is 0.305 e. The van der Waals surface area contributed by atoms with E-state index in [2.05, 4.69) is 65.5 Å². The Morgan fingerprint density at radius 3 is 1.58 bits per heavy atom. The number of carboxylic acid groups (broad SMARTS) is 1. The first-order valence-electron chi connectivity index (χ1n) is 36.8. The van der Waals surface area contributed by atoms with Gasteiger partial charge in [0.2, 0.25) is 82.7 Å². The van der Waals surface area contributed by atoms with Crippen LogP contribution in [0.15, 0.2) is 65.7 Å². The number of carbonyl (C=O) groups excluding carboxylic acids is 14. The van der Waals surface area contributed by atoms with Gasteiger partial charge in [-0.25, -0.2) is 0 Å². The Balaban J connectivity index is 1.37. The number of rotatable bonds is 18. The molecule has 4 saturated heterocycles. The topological polar surface area (TPSA) is 506 Å². The molecule has 16 N–H and O–H groups in total. The van der Waals surface area contributed by atoms with Crippen LogP contribution in [0.2, 0.25) is 0 Å². The van der Waals surface area contributed by atoms with Crippen molar-refractivity contribution >= 4 is 120 Å². The summed E-state index contributed by atoms with van der Waals surface area (Å²) in [6, 6.07) is 0.399. The number of nitrogens with two attached hydrogens (primary N) is 2. The number of aliphatic hydroxyl groups excluding tert-OH is 2. The van der Waals surface area contributed by atoms with Crippen molar-refractivity contribution in [1.29, 1.82) is 0 Å². The van der Waals surface area contributed by atoms with Crippen LogP contribution < -0.4 is 59.3 Å². The average Bonchev–Trinajstić information content (AvgIpc) is 1.56. The van der Waals surface area contributed by atoms with Gasteiger partial charge in [0, 0.05) is 44.9 Å². The Labute approximate surface area is 644 Å². The number of thiol groups is 2. The molecule has 35 nitrogen and oxygen atoms in total. The number of hydrogen-bond donors (Lipinski definition) is 16. The lowest BCUT2D eigenvalue weighted by molar-refractivity contribution is -0.149. The Morgan fingerprint density at radius 1 is 0.560 bits per heavy atom. The standard InChI is InChI=1S/C72H107N17O18S2/c1-8-40(3)57-69(106)88-31-19-27-52(88)67(104)87-30-18-26-51(87)65(102)83-58(41(4)9-2)70(107)89(72(6,7)109)37-55(94)78-47(32-43-20-12-10-13-21-43)66(103)86-29-17-25-50(86)64(101)80-46(33-56(95)96)60(97)76-34-53(92)77-45(24-16-28-75-71(73)74)61(98)81-49(39-108)63(100)84-59(42(5)91)68(105)85(35-44-22-14-11-15-23-44)36-54(93)79-48(38-90)62(99)82-57/h10-15,20-23,40-42,45-52,57-59,90-91,108-109H,8-9,16-19,24-39H2,1-7H3,(H,76,97)(H,77,92)(H,78,94)(H,79,93)(H,80,101)(H,81,98)(H,82,99)(H,83,102)(H,84,100)(H,95,96)(H4,73,74,75)/t40-,41-,42+,45-,46-,47-,48-,49-,50-,51-,52-,57-,58-,59-/m0/s1. The summed E-state index contributed by atoms with van der Waals surface area (Å²) in [7, 11) is 0. The number of carbonyl (C=O) groups is 15. The van der Waals surface area contributed by atoms with Crippen molar-refractivity contribution < 1.29 is 87.2 Å². The van der Waals surface area contributed by atoms with E-state index in [0.717, 1.165) is 16.7 Å². The van der Waals surface area contributed by atoms with Crippen LogP contribution in [0.3, 0.4) is 0 Å². The van der Waals surface area contributed by atoms with Gasteiger partial charge >= 0.3 is 5.97 Å². The monoisotopic (exact) mass is 1560 g/mol. The second-order valence-electron chi connectivity index (χ2n) is 28.4. The van der Waals surface area contributed by atoms with Crippen LogP contribution in [0.25, 0.3) is 0 Å². The minimum absolute atomic E-state index is 0.0134. The van der Waals surface area contributed by atoms with Crippen LogP contribution in [0, 0.1) is 11.8 Å². The van der Waals surface area contributed by atoms with Gasteiger partial charge in [-0.2, -0.15) is 25.3 Å². The summed E-state index contributed by atoms with van der Waals surface area (Å²) in [5.74, 6) is -16.2. The predicted octanol–water partition coefficient (Wildman–Crippen LogP) is -3.34. The molecule has 0 aromatic heterocycles. The summed E-state index contributed by atoms with van der Waals surface area (Å²) in [5.41, 5.74) is 12.1. The molecule has 109 heavy (non-hydrogen) atoms. The van der Waals surface area contributed by atoms with Crippen molar-refractivity contribution in [1.82, 2.24) is 72.4 Å². The number of nitrogens with one attached hydrogen (secondary N) is 9. The van der Waals surface area contributed by atoms with Crippen molar-refractivity contribution in [3.63, 3.8) is 0 Å². The number of fused-ring (bicyclic) bond motifs is 3. The number of aliphatic carboxylic acids is 1. The van der Waals surface area contributed by atoms with Crippen LogP contribution >= 0.6 is 25.3 Å². The molecule has 2 aromatic rings. The first-order chi connectivity index (χ1) is 51.6. The van der Waals surface area contributed by atoms with E-state index in [1.165, 1.54) is 14.7 Å². The lowest BCUT2D eigenvalue weighted by atomic mass is 9.96. The number of hydrogen-bond acceptors (Lipinski definition) is 20. The van der Waals surface area contributed by atoms with Gasteiger partial charge in [0.15, 0.2) is 5.96 Å². The third-order valence-electron chi connectivity index (χ3n) is 19.8. The van der Waals surface area contributed by atoms with Crippen LogP contribution in [0.4, 0.5) is 0 Å². The summed E-state index contributed by atoms with van der Waals surface area (Å²) in [6.07, 6.45) is -1.13. The number of benzene rings is 2. The first kappa shape index (κ1) is 88.3. The molecule has 0 bridgehead atoms. The maximum atomic E-state index is 15.1. The average molecular weight is 1560 g/mol. The van der Waals surface area contributed by atoms with Crippen molar-refractivity contribution in [2.24, 2.45) is 28.3 Å². The Hall–Kier alpha value is -9.62. The maximum absolute atomic E-state index is 15.1. The van der Waals surface area contributed by atoms with E-state index in [4.69, 9.17) is 24.1 Å². The quantitative estimate of drug-likeness (QED) is 0.0300. The smallest absolute Gasteiger partial charge is 0.305 e. The molecule has 6 rings (SSSR count). The zero-order valence-corrected chi connectivity index (χ0v) is 64.4. The van der Waals surface area contributed by atoms with Gasteiger partial charge in [0.1, 0.15) is 73.0 Å². The van der Waals surface area contributed by atoms with E-state index >= 15 is 4.79 Å². The molecule has 14 amide bonds. The van der Waals surface area contributed by atoms with Crippen molar-refractivity contribution in [3.05, 3.63) is 71.8 Å². The highest BCUT2D eigenvalue weighted by Gasteiger charge is 2.48. The first-order valence-corrected chi connectivity index (χ1v) is 37.9. The molecule has 600 valence electrons. The second-order valence-corrected chi connectivity index (χ2v) is 29.9. The number of aliphatic hydroxyl groups is 2. The highest BCUT2D eigenvalue weighted by molar-refractivity contribution is 7.81. The van der Waals surface area contributed by atoms with Crippen molar-refractivity contribution in [2.45, 2.75) is 209 Å². The van der Waals surface area contributed by atoms with Gasteiger partial charge in [0.25, 0.3) is 0 Å². The van der Waals surface area contributed by atoms with Gasteiger partial charge < -0.3 is 99.1 Å². The molecule has 0 unspecified atom stereocenters. The third kappa shape index (κ3) is 25.2. The third-order valence-corrected chi connectivity index (χ3v) is 20.4. The molecule has 0 saturated carbocycles. The van der Waals surface area contributed by atoms with Crippen molar-refractivity contribution in [3.8, 4) is 0 Å². The molecule has 4 aliphatic rings. The second kappa shape index (κ2) is 41.8. The van der Waals surface area contributed by atoms with Crippen LogP contribution in [-0.2, 0) is 84.9 Å². The molecule has 4 heterocycles. The lowest BCUT2D eigenvalue weighted by Gasteiger charge is -2.39. The zero-order chi connectivity index (χ0) is 80.6. The summed E-state index contributed by atoms with van der Waals surface area (Å²) >= 11 is 9.02. The molecule has 0 aliphatic carbocycles. The van der Waals surface area contributed by atoms with Gasteiger partial charge in [-0.3, -0.25) is 76.9 Å². The fourth-order valence-electron chi connectivity index (χ4n) is 13.4. The van der Waals surface area contributed by atoms with Crippen LogP contribution in [0.5, 0.6) is 0 Å². The Bertz CT molecular complexity index is 3610. The highest BCUT2D eigenvalue weighted by atomic mass is 32.1. The van der Waals surface area contributed by atoms with Gasteiger partial charge in [-0.1, -0.05) is 101 Å². The molecule has 0 radical (unpaired) electrons. The minimum atomic E-state index is -1.87. The van der Waals surface area contributed by atoms with Gasteiger partial charge in [-0.05, 0) is 95.1 Å². The molecule has 4 fully saturated rings.